The molecule has 0 aliphatic rings. The van der Waals surface area contributed by atoms with Gasteiger partial charge in [-0.2, -0.15) is 0 Å². The molecule has 0 aliphatic carbocycles. The molecule has 0 radical (unpaired) electrons. The zero-order chi connectivity index (χ0) is 28.7. The summed E-state index contributed by atoms with van der Waals surface area (Å²) in [5, 5.41) is 3.61. The fourth-order valence-corrected chi connectivity index (χ4v) is 5.67. The minimum absolute atomic E-state index is 0.0201. The number of halogens is 2. The van der Waals surface area contributed by atoms with E-state index in [9.17, 15) is 18.0 Å². The lowest BCUT2D eigenvalue weighted by atomic mass is 10.1. The van der Waals surface area contributed by atoms with Gasteiger partial charge in [0.1, 0.15) is 12.6 Å². The minimum Gasteiger partial charge on any atom is -0.354 e. The van der Waals surface area contributed by atoms with E-state index in [2.05, 4.69) is 5.32 Å². The molecule has 3 rings (SSSR count). The van der Waals surface area contributed by atoms with Gasteiger partial charge < -0.3 is 10.2 Å². The molecule has 0 spiro atoms. The molecule has 3 aromatic rings. The number of aryl methyl sites for hydroxylation is 2. The van der Waals surface area contributed by atoms with Gasteiger partial charge >= 0.3 is 0 Å². The number of sulfonamides is 1. The first-order valence-electron chi connectivity index (χ1n) is 12.6. The summed E-state index contributed by atoms with van der Waals surface area (Å²) < 4.78 is 28.8. The molecule has 0 aliphatic heterocycles. The summed E-state index contributed by atoms with van der Waals surface area (Å²) in [4.78, 5) is 28.2. The number of hydrogen-bond acceptors (Lipinski definition) is 4. The van der Waals surface area contributed by atoms with Crippen LogP contribution in [-0.2, 0) is 26.2 Å². The number of carbonyl (C=O) groups excluding carboxylic acids is 2. The van der Waals surface area contributed by atoms with Gasteiger partial charge in [0.05, 0.1) is 10.6 Å². The third kappa shape index (κ3) is 7.53. The number of hydrogen-bond donors (Lipinski definition) is 1. The lowest BCUT2D eigenvalue weighted by molar-refractivity contribution is -0.139. The Morgan fingerprint density at radius 2 is 1.62 bits per heavy atom. The van der Waals surface area contributed by atoms with Crippen LogP contribution < -0.4 is 9.62 Å². The Labute approximate surface area is 240 Å². The summed E-state index contributed by atoms with van der Waals surface area (Å²) in [5.41, 5.74) is 2.53. The molecule has 1 unspecified atom stereocenters. The SMILES string of the molecule is CCCNC(=O)C(C)N(Cc1ccccc1Cl)C(=O)CN(c1ccc(C)c(Cl)c1)S(=O)(=O)c1ccc(C)cc1. The highest BCUT2D eigenvalue weighted by atomic mass is 35.5. The number of anilines is 1. The van der Waals surface area contributed by atoms with E-state index in [1.54, 1.807) is 62.4 Å². The highest BCUT2D eigenvalue weighted by Gasteiger charge is 2.33. The maximum Gasteiger partial charge on any atom is 0.264 e. The normalized spacial score (nSPS) is 12.1. The Balaban J connectivity index is 2.05. The average molecular weight is 591 g/mol. The van der Waals surface area contributed by atoms with E-state index in [4.69, 9.17) is 23.2 Å². The number of nitrogens with zero attached hydrogens (tertiary/aromatic N) is 2. The van der Waals surface area contributed by atoms with Crippen LogP contribution in [0.2, 0.25) is 10.0 Å². The van der Waals surface area contributed by atoms with Crippen molar-refractivity contribution in [3.05, 3.63) is 93.5 Å². The molecule has 0 saturated heterocycles. The van der Waals surface area contributed by atoms with E-state index in [0.29, 0.717) is 22.2 Å². The van der Waals surface area contributed by atoms with Gasteiger partial charge in [-0.3, -0.25) is 13.9 Å². The van der Waals surface area contributed by atoms with E-state index in [1.165, 1.54) is 23.1 Å². The van der Waals surface area contributed by atoms with E-state index in [-0.39, 0.29) is 23.0 Å². The van der Waals surface area contributed by atoms with Crippen LogP contribution in [0.5, 0.6) is 0 Å². The van der Waals surface area contributed by atoms with Crippen molar-refractivity contribution >= 4 is 50.7 Å². The van der Waals surface area contributed by atoms with Crippen molar-refractivity contribution in [1.82, 2.24) is 10.2 Å². The quantitative estimate of drug-likeness (QED) is 0.308. The largest absolute Gasteiger partial charge is 0.354 e. The van der Waals surface area contributed by atoms with Crippen LogP contribution >= 0.6 is 23.2 Å². The number of nitrogens with one attached hydrogen (secondary N) is 1. The molecule has 0 aromatic heterocycles. The fourth-order valence-electron chi connectivity index (χ4n) is 3.89. The van der Waals surface area contributed by atoms with E-state index < -0.39 is 28.5 Å². The van der Waals surface area contributed by atoms with E-state index >= 15 is 0 Å². The van der Waals surface area contributed by atoms with Crippen LogP contribution in [0.25, 0.3) is 0 Å². The Bertz CT molecular complexity index is 1430. The molecule has 1 atom stereocenters. The Morgan fingerprint density at radius 1 is 0.949 bits per heavy atom. The third-order valence-corrected chi connectivity index (χ3v) is 8.91. The molecule has 39 heavy (non-hydrogen) atoms. The monoisotopic (exact) mass is 589 g/mol. The predicted octanol–water partition coefficient (Wildman–Crippen LogP) is 5.75. The van der Waals surface area contributed by atoms with Crippen molar-refractivity contribution in [2.45, 2.75) is 51.6 Å². The summed E-state index contributed by atoms with van der Waals surface area (Å²) in [7, 11) is -4.17. The topological polar surface area (TPSA) is 86.8 Å². The smallest absolute Gasteiger partial charge is 0.264 e. The van der Waals surface area contributed by atoms with Gasteiger partial charge in [-0.1, -0.05) is 72.1 Å². The highest BCUT2D eigenvalue weighted by molar-refractivity contribution is 7.92. The van der Waals surface area contributed by atoms with Gasteiger partial charge in [0, 0.05) is 23.1 Å². The van der Waals surface area contributed by atoms with E-state index in [0.717, 1.165) is 21.9 Å². The number of rotatable bonds is 11. The first-order valence-corrected chi connectivity index (χ1v) is 14.8. The van der Waals surface area contributed by atoms with Crippen LogP contribution in [0, 0.1) is 13.8 Å². The molecular formula is C29H33Cl2N3O4S. The highest BCUT2D eigenvalue weighted by Crippen LogP contribution is 2.29. The summed E-state index contributed by atoms with van der Waals surface area (Å²) in [6, 6.07) is 17.3. The molecule has 0 saturated carbocycles. The van der Waals surface area contributed by atoms with Gasteiger partial charge in [-0.25, -0.2) is 8.42 Å². The first-order chi connectivity index (χ1) is 18.4. The minimum atomic E-state index is -4.17. The van der Waals surface area contributed by atoms with Crippen molar-refractivity contribution in [3.63, 3.8) is 0 Å². The maximum absolute atomic E-state index is 13.9. The molecule has 0 heterocycles. The molecule has 7 nitrogen and oxygen atoms in total. The lowest BCUT2D eigenvalue weighted by Gasteiger charge is -2.32. The second kappa shape index (κ2) is 13.3. The van der Waals surface area contributed by atoms with Gasteiger partial charge in [0.25, 0.3) is 10.0 Å². The average Bonchev–Trinajstić information content (AvgIpc) is 2.91. The van der Waals surface area contributed by atoms with Gasteiger partial charge in [0.2, 0.25) is 11.8 Å². The first kappa shape index (κ1) is 30.5. The van der Waals surface area contributed by atoms with E-state index in [1.807, 2.05) is 13.8 Å². The zero-order valence-corrected chi connectivity index (χ0v) is 24.8. The molecule has 208 valence electrons. The van der Waals surface area contributed by atoms with Crippen molar-refractivity contribution in [2.75, 3.05) is 17.4 Å². The van der Waals surface area contributed by atoms with Crippen molar-refractivity contribution in [1.29, 1.82) is 0 Å². The number of benzene rings is 3. The Kier molecular flexibility index (Phi) is 10.4. The molecule has 2 amide bonds. The standard InChI is InChI=1S/C29H33Cl2N3O4S/c1-5-16-32-29(36)22(4)33(18-23-8-6-7-9-26(23)30)28(35)19-34(24-13-12-21(3)27(31)17-24)39(37,38)25-14-10-20(2)11-15-25/h6-15,17,22H,5,16,18-19H2,1-4H3,(H,32,36). The van der Waals surface area contributed by atoms with Crippen molar-refractivity contribution in [3.8, 4) is 0 Å². The second-order valence-corrected chi connectivity index (χ2v) is 12.0. The van der Waals surface area contributed by atoms with Crippen LogP contribution in [0.15, 0.2) is 71.6 Å². The lowest BCUT2D eigenvalue weighted by Crippen LogP contribution is -2.51. The third-order valence-electron chi connectivity index (χ3n) is 6.35. The van der Waals surface area contributed by atoms with Crippen molar-refractivity contribution < 1.29 is 18.0 Å². The van der Waals surface area contributed by atoms with Crippen LogP contribution in [0.3, 0.4) is 0 Å². The van der Waals surface area contributed by atoms with Gasteiger partial charge in [-0.05, 0) is 68.7 Å². The Hall–Kier alpha value is -3.07. The van der Waals surface area contributed by atoms with Crippen LogP contribution in [0.4, 0.5) is 5.69 Å². The molecular weight excluding hydrogens is 557 g/mol. The van der Waals surface area contributed by atoms with Crippen LogP contribution in [-0.4, -0.2) is 44.3 Å². The second-order valence-electron chi connectivity index (χ2n) is 9.34. The maximum atomic E-state index is 13.9. The summed E-state index contributed by atoms with van der Waals surface area (Å²) >= 11 is 12.7. The summed E-state index contributed by atoms with van der Waals surface area (Å²) in [6.07, 6.45) is 0.730. The van der Waals surface area contributed by atoms with Crippen molar-refractivity contribution in [2.24, 2.45) is 0 Å². The van der Waals surface area contributed by atoms with Gasteiger partial charge in [-0.15, -0.1) is 0 Å². The van der Waals surface area contributed by atoms with Crippen LogP contribution in [0.1, 0.15) is 37.0 Å². The van der Waals surface area contributed by atoms with Gasteiger partial charge in [0.15, 0.2) is 0 Å². The number of carbonyl (C=O) groups is 2. The fraction of sp³-hybridized carbons (Fsp3) is 0.310. The number of amides is 2. The Morgan fingerprint density at radius 3 is 2.23 bits per heavy atom. The molecule has 3 aromatic carbocycles. The summed E-state index contributed by atoms with van der Waals surface area (Å²) in [6.45, 7) is 7.12. The molecule has 1 N–H and O–H groups in total. The molecule has 0 fully saturated rings. The molecule has 10 heteroatoms. The zero-order valence-electron chi connectivity index (χ0n) is 22.4. The molecule has 0 bridgehead atoms. The predicted molar refractivity (Wildman–Crippen MR) is 157 cm³/mol. The summed E-state index contributed by atoms with van der Waals surface area (Å²) in [5.74, 6) is -0.912.